The summed E-state index contributed by atoms with van der Waals surface area (Å²) in [5.74, 6) is 6.95. The molecule has 23 heavy (non-hydrogen) atoms. The van der Waals surface area contributed by atoms with E-state index in [0.717, 1.165) is 50.4 Å². The molecule has 130 valence electrons. The Morgan fingerprint density at radius 3 is 2.74 bits per heavy atom. The van der Waals surface area contributed by atoms with Crippen LogP contribution in [0.2, 0.25) is 0 Å². The predicted octanol–water partition coefficient (Wildman–Crippen LogP) is 4.55. The van der Waals surface area contributed by atoms with Crippen molar-refractivity contribution in [3.63, 3.8) is 0 Å². The van der Waals surface area contributed by atoms with Crippen LogP contribution in [0.25, 0.3) is 0 Å². The van der Waals surface area contributed by atoms with Gasteiger partial charge in [-0.3, -0.25) is 4.79 Å². The second-order valence-corrected chi connectivity index (χ2v) is 6.63. The molecule has 0 bridgehead atoms. The summed E-state index contributed by atoms with van der Waals surface area (Å²) in [7, 11) is 0. The number of aliphatic hydroxyl groups is 1. The van der Waals surface area contributed by atoms with E-state index in [1.807, 2.05) is 0 Å². The van der Waals surface area contributed by atoms with Crippen LogP contribution in [0.4, 0.5) is 0 Å². The number of rotatable bonds is 12. The van der Waals surface area contributed by atoms with E-state index >= 15 is 0 Å². The fraction of sp³-hybridized carbons (Fsp3) is 0.750. The number of aliphatic carboxylic acids is 1. The number of carbonyl (C=O) groups is 1. The Morgan fingerprint density at radius 1 is 1.22 bits per heavy atom. The van der Waals surface area contributed by atoms with Gasteiger partial charge in [-0.1, -0.05) is 37.8 Å². The third kappa shape index (κ3) is 11.0. The molecule has 0 spiro atoms. The molecule has 1 aliphatic carbocycles. The molecule has 0 heterocycles. The van der Waals surface area contributed by atoms with Gasteiger partial charge in [-0.2, -0.15) is 0 Å². The van der Waals surface area contributed by atoms with Crippen LogP contribution in [0.3, 0.4) is 0 Å². The van der Waals surface area contributed by atoms with Crippen molar-refractivity contribution in [2.45, 2.75) is 83.7 Å². The minimum absolute atomic E-state index is 0.262. The van der Waals surface area contributed by atoms with Crippen molar-refractivity contribution in [3.8, 4) is 11.8 Å². The highest BCUT2D eigenvalue weighted by atomic mass is 16.4. The first-order valence-corrected chi connectivity index (χ1v) is 9.16. The SMILES string of the molecule is CCCCC[C@H](O)C#CC[C@H]1C[C@@H]1CC/C=C/CCCC(=O)O. The number of carboxylic acid groups (broad SMARTS) is 1. The van der Waals surface area contributed by atoms with Crippen molar-refractivity contribution in [1.82, 2.24) is 0 Å². The summed E-state index contributed by atoms with van der Waals surface area (Å²) in [6, 6.07) is 0. The van der Waals surface area contributed by atoms with Gasteiger partial charge < -0.3 is 10.2 Å². The summed E-state index contributed by atoms with van der Waals surface area (Å²) in [4.78, 5) is 10.4. The van der Waals surface area contributed by atoms with Crippen LogP contribution in [0, 0.1) is 23.7 Å². The van der Waals surface area contributed by atoms with E-state index in [0.29, 0.717) is 0 Å². The Labute approximate surface area is 141 Å². The zero-order valence-electron chi connectivity index (χ0n) is 14.5. The summed E-state index contributed by atoms with van der Waals surface area (Å²) in [6.45, 7) is 2.16. The van der Waals surface area contributed by atoms with Gasteiger partial charge in [0, 0.05) is 12.8 Å². The Bertz CT molecular complexity index is 416. The fourth-order valence-corrected chi connectivity index (χ4v) is 2.80. The van der Waals surface area contributed by atoms with Crippen molar-refractivity contribution >= 4 is 5.97 Å². The van der Waals surface area contributed by atoms with E-state index in [4.69, 9.17) is 5.11 Å². The molecule has 0 aromatic carbocycles. The molecule has 3 heteroatoms. The van der Waals surface area contributed by atoms with Gasteiger partial charge in [0.2, 0.25) is 0 Å². The predicted molar refractivity (Wildman–Crippen MR) is 94.0 cm³/mol. The van der Waals surface area contributed by atoms with E-state index in [2.05, 4.69) is 30.9 Å². The summed E-state index contributed by atoms with van der Waals surface area (Å²) in [5, 5.41) is 18.3. The molecule has 0 radical (unpaired) electrons. The first kappa shape index (κ1) is 19.8. The third-order valence-electron chi connectivity index (χ3n) is 4.42. The Balaban J connectivity index is 1.99. The zero-order chi connectivity index (χ0) is 16.9. The molecule has 0 aliphatic heterocycles. The maximum absolute atomic E-state index is 10.4. The van der Waals surface area contributed by atoms with Crippen LogP contribution in [0.15, 0.2) is 12.2 Å². The molecule has 3 atom stereocenters. The van der Waals surface area contributed by atoms with Crippen molar-refractivity contribution in [3.05, 3.63) is 12.2 Å². The highest BCUT2D eigenvalue weighted by molar-refractivity contribution is 5.66. The number of carboxylic acids is 1. The first-order chi connectivity index (χ1) is 11.1. The molecule has 1 fully saturated rings. The van der Waals surface area contributed by atoms with E-state index in [1.165, 1.54) is 25.7 Å². The first-order valence-electron chi connectivity index (χ1n) is 9.16. The van der Waals surface area contributed by atoms with Gasteiger partial charge in [-0.15, -0.1) is 5.92 Å². The lowest BCUT2D eigenvalue weighted by molar-refractivity contribution is -0.137. The quantitative estimate of drug-likeness (QED) is 0.315. The normalized spacial score (nSPS) is 21.0. The maximum atomic E-state index is 10.4. The van der Waals surface area contributed by atoms with Gasteiger partial charge in [0.15, 0.2) is 0 Å². The van der Waals surface area contributed by atoms with Crippen molar-refractivity contribution in [2.24, 2.45) is 11.8 Å². The smallest absolute Gasteiger partial charge is 0.303 e. The molecule has 0 aromatic heterocycles. The molecule has 0 aromatic rings. The van der Waals surface area contributed by atoms with Crippen LogP contribution in [0.1, 0.15) is 77.6 Å². The lowest BCUT2D eigenvalue weighted by Crippen LogP contribution is -2.02. The average Bonchev–Trinajstić information content (AvgIpc) is 3.24. The molecule has 3 nitrogen and oxygen atoms in total. The molecule has 0 amide bonds. The second-order valence-electron chi connectivity index (χ2n) is 6.63. The number of allylic oxidation sites excluding steroid dienone is 2. The van der Waals surface area contributed by atoms with Crippen LogP contribution < -0.4 is 0 Å². The summed E-state index contributed by atoms with van der Waals surface area (Å²) >= 11 is 0. The molecule has 2 N–H and O–H groups in total. The molecule has 1 rings (SSSR count). The largest absolute Gasteiger partial charge is 0.481 e. The molecular weight excluding hydrogens is 288 g/mol. The molecule has 1 aliphatic rings. The van der Waals surface area contributed by atoms with Crippen LogP contribution in [-0.4, -0.2) is 22.3 Å². The van der Waals surface area contributed by atoms with E-state index < -0.39 is 12.1 Å². The lowest BCUT2D eigenvalue weighted by Gasteiger charge is -2.01. The monoisotopic (exact) mass is 320 g/mol. The Hall–Kier alpha value is -1.27. The lowest BCUT2D eigenvalue weighted by atomic mass is 10.1. The highest BCUT2D eigenvalue weighted by Crippen LogP contribution is 2.44. The van der Waals surface area contributed by atoms with E-state index in [9.17, 15) is 9.90 Å². The maximum Gasteiger partial charge on any atom is 0.303 e. The van der Waals surface area contributed by atoms with E-state index in [1.54, 1.807) is 0 Å². The molecule has 1 saturated carbocycles. The van der Waals surface area contributed by atoms with Crippen LogP contribution in [-0.2, 0) is 4.79 Å². The van der Waals surface area contributed by atoms with Crippen LogP contribution in [0.5, 0.6) is 0 Å². The van der Waals surface area contributed by atoms with Gasteiger partial charge >= 0.3 is 5.97 Å². The van der Waals surface area contributed by atoms with Crippen molar-refractivity contribution < 1.29 is 15.0 Å². The van der Waals surface area contributed by atoms with Crippen LogP contribution >= 0.6 is 0 Å². The number of unbranched alkanes of at least 4 members (excludes halogenated alkanes) is 3. The molecule has 0 unspecified atom stereocenters. The average molecular weight is 320 g/mol. The van der Waals surface area contributed by atoms with Gasteiger partial charge in [-0.05, 0) is 56.8 Å². The number of hydrogen-bond donors (Lipinski definition) is 2. The minimum atomic E-state index is -0.712. The number of hydrogen-bond acceptors (Lipinski definition) is 2. The van der Waals surface area contributed by atoms with Crippen molar-refractivity contribution in [2.75, 3.05) is 0 Å². The van der Waals surface area contributed by atoms with Crippen molar-refractivity contribution in [1.29, 1.82) is 0 Å². The fourth-order valence-electron chi connectivity index (χ4n) is 2.80. The van der Waals surface area contributed by atoms with Gasteiger partial charge in [0.1, 0.15) is 6.10 Å². The second kappa shape index (κ2) is 12.2. The minimum Gasteiger partial charge on any atom is -0.481 e. The number of aliphatic hydroxyl groups excluding tert-OH is 1. The standard InChI is InChI=1S/C20H32O3/c1-2-3-7-13-19(21)14-10-12-18-16-17(18)11-8-5-4-6-9-15-20(22)23/h4-5,17-19,21H,2-3,6-9,11-13,15-16H2,1H3,(H,22,23)/b5-4+/t17-,18-,19-/m0/s1. The highest BCUT2D eigenvalue weighted by Gasteiger charge is 2.34. The molecular formula is C20H32O3. The zero-order valence-corrected chi connectivity index (χ0v) is 14.5. The third-order valence-corrected chi connectivity index (χ3v) is 4.42. The topological polar surface area (TPSA) is 57.5 Å². The van der Waals surface area contributed by atoms with Gasteiger partial charge in [-0.25, -0.2) is 0 Å². The Kier molecular flexibility index (Phi) is 10.5. The van der Waals surface area contributed by atoms with E-state index in [-0.39, 0.29) is 6.42 Å². The molecule has 0 saturated heterocycles. The van der Waals surface area contributed by atoms with Gasteiger partial charge in [0.25, 0.3) is 0 Å². The Morgan fingerprint density at radius 2 is 2.00 bits per heavy atom. The van der Waals surface area contributed by atoms with Gasteiger partial charge in [0.05, 0.1) is 0 Å². The summed E-state index contributed by atoms with van der Waals surface area (Å²) in [5.41, 5.74) is 0. The summed E-state index contributed by atoms with van der Waals surface area (Å²) < 4.78 is 0. The summed E-state index contributed by atoms with van der Waals surface area (Å²) in [6.07, 6.45) is 14.4.